The highest BCUT2D eigenvalue weighted by atomic mass is 32.1. The molecule has 0 unspecified atom stereocenters. The molecule has 0 spiro atoms. The smallest absolute Gasteiger partial charge is 0.191 e. The molecule has 0 aliphatic carbocycles. The van der Waals surface area contributed by atoms with Gasteiger partial charge < -0.3 is 4.57 Å². The Morgan fingerprint density at radius 1 is 1.08 bits per heavy atom. The van der Waals surface area contributed by atoms with E-state index >= 15 is 0 Å². The Morgan fingerprint density at radius 2 is 1.92 bits per heavy atom. The quantitative estimate of drug-likeness (QED) is 0.530. The molecule has 3 aromatic carbocycles. The van der Waals surface area contributed by atoms with Crippen LogP contribution >= 0.6 is 11.3 Å². The van der Waals surface area contributed by atoms with Crippen LogP contribution in [0.1, 0.15) is 5.56 Å². The molecule has 1 N–H and O–H groups in total. The monoisotopic (exact) mass is 356 g/mol. The predicted octanol–water partition coefficient (Wildman–Crippen LogP) is 4.05. The highest BCUT2D eigenvalue weighted by Crippen LogP contribution is 2.21. The first-order chi connectivity index (χ1) is 12.9. The molecule has 0 fully saturated rings. The fraction of sp³-hybridized carbons (Fsp3) is 0.0500. The second kappa shape index (κ2) is 6.24. The van der Waals surface area contributed by atoms with Crippen molar-refractivity contribution in [3.8, 4) is 0 Å². The second-order valence-electron chi connectivity index (χ2n) is 5.97. The van der Waals surface area contributed by atoms with E-state index in [1.165, 1.54) is 15.8 Å². The van der Waals surface area contributed by atoms with Crippen molar-refractivity contribution < 1.29 is 0 Å². The third kappa shape index (κ3) is 2.70. The van der Waals surface area contributed by atoms with Crippen LogP contribution in [0.25, 0.3) is 21.3 Å². The van der Waals surface area contributed by atoms with Gasteiger partial charge in [-0.15, -0.1) is 5.10 Å². The van der Waals surface area contributed by atoms with Crippen LogP contribution in [0.4, 0.5) is 5.69 Å². The number of thiazole rings is 1. The Balaban J connectivity index is 1.69. The van der Waals surface area contributed by atoms with Crippen molar-refractivity contribution in [2.24, 2.45) is 4.99 Å². The van der Waals surface area contributed by atoms with Crippen LogP contribution in [-0.4, -0.2) is 20.0 Å². The number of para-hydroxylation sites is 1. The maximum absolute atomic E-state index is 4.88. The van der Waals surface area contributed by atoms with Crippen molar-refractivity contribution in [3.05, 3.63) is 83.2 Å². The largest absolute Gasteiger partial charge is 0.312 e. The molecule has 2 heterocycles. The van der Waals surface area contributed by atoms with Gasteiger partial charge in [0.05, 0.1) is 28.0 Å². The van der Waals surface area contributed by atoms with E-state index in [2.05, 4.69) is 74.6 Å². The number of nitrogens with zero attached hydrogens (tertiary/aromatic N) is 4. The van der Waals surface area contributed by atoms with Gasteiger partial charge in [-0.25, -0.2) is 4.99 Å². The van der Waals surface area contributed by atoms with E-state index in [1.54, 1.807) is 11.3 Å². The molecule has 0 amide bonds. The third-order valence-electron chi connectivity index (χ3n) is 4.22. The van der Waals surface area contributed by atoms with Crippen LogP contribution in [0.3, 0.4) is 0 Å². The molecule has 0 aliphatic rings. The van der Waals surface area contributed by atoms with E-state index in [-0.39, 0.29) is 0 Å². The lowest BCUT2D eigenvalue weighted by Crippen LogP contribution is -2.15. The summed E-state index contributed by atoms with van der Waals surface area (Å²) in [6.07, 6.45) is 0. The van der Waals surface area contributed by atoms with E-state index in [0.29, 0.717) is 0 Å². The van der Waals surface area contributed by atoms with Gasteiger partial charge in [-0.05, 0) is 29.8 Å². The van der Waals surface area contributed by atoms with Crippen LogP contribution in [0.2, 0.25) is 0 Å². The average molecular weight is 356 g/mol. The summed E-state index contributed by atoms with van der Waals surface area (Å²) < 4.78 is 3.47. The summed E-state index contributed by atoms with van der Waals surface area (Å²) in [5.74, 6) is 0. The molecule has 0 saturated heterocycles. The molecular formula is C20H14N5S. The zero-order valence-electron chi connectivity index (χ0n) is 13.8. The van der Waals surface area contributed by atoms with Crippen molar-refractivity contribution in [1.82, 2.24) is 20.0 Å². The number of nitrogens with one attached hydrogen (secondary N) is 1. The summed E-state index contributed by atoms with van der Waals surface area (Å²) in [6, 6.07) is 25.8. The van der Waals surface area contributed by atoms with Crippen molar-refractivity contribution >= 4 is 38.3 Å². The van der Waals surface area contributed by atoms with E-state index in [4.69, 9.17) is 4.99 Å². The van der Waals surface area contributed by atoms with E-state index < -0.39 is 0 Å². The maximum atomic E-state index is 4.88. The molecule has 0 aliphatic heterocycles. The van der Waals surface area contributed by atoms with Gasteiger partial charge in [-0.3, -0.25) is 5.10 Å². The molecule has 5 nitrogen and oxygen atoms in total. The van der Waals surface area contributed by atoms with E-state index in [9.17, 15) is 0 Å². The summed E-state index contributed by atoms with van der Waals surface area (Å²) in [5.41, 5.74) is 4.82. The van der Waals surface area contributed by atoms with Crippen molar-refractivity contribution in [2.45, 2.75) is 6.54 Å². The Labute approximate surface area is 153 Å². The molecule has 1 radical (unpaired) electrons. The van der Waals surface area contributed by atoms with Crippen LogP contribution in [0, 0.1) is 6.07 Å². The number of rotatable bonds is 3. The summed E-state index contributed by atoms with van der Waals surface area (Å²) in [7, 11) is 0. The number of H-pyrrole nitrogens is 1. The first-order valence-electron chi connectivity index (χ1n) is 8.26. The van der Waals surface area contributed by atoms with Crippen LogP contribution in [0.15, 0.2) is 71.7 Å². The molecule has 0 saturated carbocycles. The minimum Gasteiger partial charge on any atom is -0.312 e. The SMILES string of the molecule is [c]1cc(N=c2sc3ccccc3n2Cc2ccccc2)cc2[nH]nnc12. The molecule has 5 aromatic rings. The van der Waals surface area contributed by atoms with Gasteiger partial charge in [0.25, 0.3) is 0 Å². The molecule has 5 rings (SSSR count). The normalized spacial score (nSPS) is 12.2. The lowest BCUT2D eigenvalue weighted by Gasteiger charge is -2.05. The van der Waals surface area contributed by atoms with Gasteiger partial charge >= 0.3 is 0 Å². The van der Waals surface area contributed by atoms with Gasteiger partial charge in [0.2, 0.25) is 0 Å². The van der Waals surface area contributed by atoms with E-state index in [1.807, 2.05) is 18.2 Å². The Hall–Kier alpha value is -3.25. The van der Waals surface area contributed by atoms with Crippen molar-refractivity contribution in [3.63, 3.8) is 0 Å². The zero-order chi connectivity index (χ0) is 17.3. The van der Waals surface area contributed by atoms with Crippen molar-refractivity contribution in [2.75, 3.05) is 0 Å². The molecule has 0 atom stereocenters. The lowest BCUT2D eigenvalue weighted by molar-refractivity contribution is 0.800. The van der Waals surface area contributed by atoms with Gasteiger partial charge in [-0.2, -0.15) is 0 Å². The minimum absolute atomic E-state index is 0.720. The summed E-state index contributed by atoms with van der Waals surface area (Å²) in [5, 5.41) is 10.6. The number of fused-ring (bicyclic) bond motifs is 2. The fourth-order valence-electron chi connectivity index (χ4n) is 2.97. The van der Waals surface area contributed by atoms with Crippen LogP contribution < -0.4 is 4.80 Å². The van der Waals surface area contributed by atoms with Crippen LogP contribution in [0.5, 0.6) is 0 Å². The lowest BCUT2D eigenvalue weighted by atomic mass is 10.2. The highest BCUT2D eigenvalue weighted by molar-refractivity contribution is 7.16. The summed E-state index contributed by atoms with van der Waals surface area (Å²) in [6.45, 7) is 0.779. The number of aromatic nitrogens is 4. The molecule has 26 heavy (non-hydrogen) atoms. The number of aromatic amines is 1. The number of hydrogen-bond donors (Lipinski definition) is 1. The molecular weight excluding hydrogens is 342 g/mol. The molecule has 2 aromatic heterocycles. The first-order valence-corrected chi connectivity index (χ1v) is 9.08. The zero-order valence-corrected chi connectivity index (χ0v) is 14.6. The Kier molecular flexibility index (Phi) is 3.61. The summed E-state index contributed by atoms with van der Waals surface area (Å²) >= 11 is 1.69. The van der Waals surface area contributed by atoms with E-state index in [0.717, 1.165) is 28.1 Å². The minimum atomic E-state index is 0.720. The Morgan fingerprint density at radius 3 is 2.85 bits per heavy atom. The number of hydrogen-bond acceptors (Lipinski definition) is 4. The standard InChI is InChI=1S/C20H14N5S/c1-2-6-14(7-3-1)13-25-18-8-4-5-9-19(18)26-20(25)21-15-10-11-16-17(12-15)23-24-22-16/h1-10,12H,13H2,(H,22,23,24). The fourth-order valence-corrected chi connectivity index (χ4v) is 4.02. The first kappa shape index (κ1) is 15.0. The number of benzene rings is 3. The van der Waals surface area contributed by atoms with Gasteiger partial charge in [0.15, 0.2) is 4.80 Å². The topological polar surface area (TPSA) is 58.9 Å². The van der Waals surface area contributed by atoms with Crippen molar-refractivity contribution in [1.29, 1.82) is 0 Å². The highest BCUT2D eigenvalue weighted by Gasteiger charge is 2.07. The van der Waals surface area contributed by atoms with Crippen LogP contribution in [-0.2, 0) is 6.54 Å². The summed E-state index contributed by atoms with van der Waals surface area (Å²) in [4.78, 5) is 5.83. The van der Waals surface area contributed by atoms with Gasteiger partial charge in [0, 0.05) is 6.07 Å². The second-order valence-corrected chi connectivity index (χ2v) is 6.98. The maximum Gasteiger partial charge on any atom is 0.191 e. The molecule has 6 heteroatoms. The Bertz CT molecular complexity index is 1260. The predicted molar refractivity (Wildman–Crippen MR) is 103 cm³/mol. The van der Waals surface area contributed by atoms with Gasteiger partial charge in [-0.1, -0.05) is 59.0 Å². The average Bonchev–Trinajstić information content (AvgIpc) is 3.27. The third-order valence-corrected chi connectivity index (χ3v) is 5.28. The molecule has 125 valence electrons. The molecule has 0 bridgehead atoms. The van der Waals surface area contributed by atoms with Gasteiger partial charge in [0.1, 0.15) is 5.52 Å².